The Hall–Kier alpha value is -3.41. The third-order valence-corrected chi connectivity index (χ3v) is 4.22. The number of nitriles is 1. The van der Waals surface area contributed by atoms with Gasteiger partial charge in [0, 0.05) is 25.2 Å². The van der Waals surface area contributed by atoms with Crippen LogP contribution in [-0.2, 0) is 4.79 Å². The van der Waals surface area contributed by atoms with Gasteiger partial charge in [-0.1, -0.05) is 12.1 Å². The van der Waals surface area contributed by atoms with Gasteiger partial charge in [-0.05, 0) is 30.2 Å². The van der Waals surface area contributed by atoms with E-state index in [2.05, 4.69) is 30.8 Å². The van der Waals surface area contributed by atoms with Crippen molar-refractivity contribution in [3.63, 3.8) is 0 Å². The molecule has 0 bridgehead atoms. The Morgan fingerprint density at radius 3 is 2.80 bits per heavy atom. The van der Waals surface area contributed by atoms with Crippen LogP contribution in [0.1, 0.15) is 18.7 Å². The number of nitrogens with one attached hydrogen (secondary N) is 2. The lowest BCUT2D eigenvalue weighted by molar-refractivity contribution is -0.122. The minimum absolute atomic E-state index is 0.0558. The highest BCUT2D eigenvalue weighted by Gasteiger charge is 2.24. The summed E-state index contributed by atoms with van der Waals surface area (Å²) >= 11 is 0. The van der Waals surface area contributed by atoms with Crippen molar-refractivity contribution in [2.75, 3.05) is 23.3 Å². The van der Waals surface area contributed by atoms with Crippen molar-refractivity contribution in [3.8, 4) is 6.07 Å². The second-order valence-corrected chi connectivity index (χ2v) is 5.73. The number of hydrogen-bond donors (Lipinski definition) is 3. The first-order valence-corrected chi connectivity index (χ1v) is 7.93. The molecule has 2 aromatic rings. The number of nitrogens with two attached hydrogens (primary N) is 1. The van der Waals surface area contributed by atoms with Gasteiger partial charge in [-0.15, -0.1) is 10.2 Å². The zero-order chi connectivity index (χ0) is 17.6. The zero-order valence-corrected chi connectivity index (χ0v) is 13.5. The van der Waals surface area contributed by atoms with E-state index >= 15 is 0 Å². The molecule has 128 valence electrons. The van der Waals surface area contributed by atoms with Gasteiger partial charge in [0.15, 0.2) is 0 Å². The molecule has 0 radical (unpaired) electrons. The van der Waals surface area contributed by atoms with E-state index in [1.54, 1.807) is 6.20 Å². The Kier molecular flexibility index (Phi) is 4.89. The summed E-state index contributed by atoms with van der Waals surface area (Å²) in [6.45, 7) is 1.51. The van der Waals surface area contributed by atoms with E-state index in [-0.39, 0.29) is 23.2 Å². The smallest absolute Gasteiger partial charge is 0.220 e. The lowest BCUT2D eigenvalue weighted by Crippen LogP contribution is -2.38. The number of primary amides is 1. The molecule has 9 nitrogen and oxygen atoms in total. The molecule has 1 saturated heterocycles. The van der Waals surface area contributed by atoms with Crippen molar-refractivity contribution in [2.45, 2.75) is 12.8 Å². The molecular weight excluding hydrogens is 320 g/mol. The summed E-state index contributed by atoms with van der Waals surface area (Å²) in [5.74, 6) is -0.0535. The minimum Gasteiger partial charge on any atom is -0.370 e. The van der Waals surface area contributed by atoms with Crippen LogP contribution in [0.5, 0.6) is 0 Å². The number of nitrogens with zero attached hydrogens (tertiary/aromatic N) is 5. The number of aromatic amines is 1. The zero-order valence-electron chi connectivity index (χ0n) is 13.5. The number of hydrogen-bond acceptors (Lipinski definition) is 7. The molecule has 1 aromatic heterocycles. The lowest BCUT2D eigenvalue weighted by Gasteiger charge is -2.33. The monoisotopic (exact) mass is 338 g/mol. The Labute approximate surface area is 144 Å². The molecule has 1 amide bonds. The van der Waals surface area contributed by atoms with E-state index < -0.39 is 0 Å². The normalized spacial score (nSPS) is 15.6. The maximum absolute atomic E-state index is 11.3. The van der Waals surface area contributed by atoms with Crippen LogP contribution in [-0.4, -0.2) is 39.6 Å². The number of anilines is 2. The van der Waals surface area contributed by atoms with E-state index in [4.69, 9.17) is 5.73 Å². The number of aromatic nitrogens is 4. The fourth-order valence-electron chi connectivity index (χ4n) is 2.85. The Morgan fingerprint density at radius 2 is 2.16 bits per heavy atom. The van der Waals surface area contributed by atoms with E-state index in [0.717, 1.165) is 37.3 Å². The van der Waals surface area contributed by atoms with Gasteiger partial charge in [-0.3, -0.25) is 4.79 Å². The molecule has 0 atom stereocenters. The highest BCUT2D eigenvalue weighted by molar-refractivity contribution is 5.79. The van der Waals surface area contributed by atoms with Gasteiger partial charge in [0.05, 0.1) is 11.4 Å². The molecular formula is C16H18N8O. The number of piperidine rings is 1. The van der Waals surface area contributed by atoms with Crippen LogP contribution in [0.25, 0.3) is 5.57 Å². The first-order valence-electron chi connectivity index (χ1n) is 7.93. The summed E-state index contributed by atoms with van der Waals surface area (Å²) in [5, 5.41) is 25.8. The van der Waals surface area contributed by atoms with Crippen LogP contribution in [0.15, 0.2) is 30.5 Å². The van der Waals surface area contributed by atoms with Crippen molar-refractivity contribution in [3.05, 3.63) is 36.3 Å². The van der Waals surface area contributed by atoms with Gasteiger partial charge >= 0.3 is 0 Å². The number of tetrazole rings is 1. The van der Waals surface area contributed by atoms with Crippen LogP contribution < -0.4 is 16.0 Å². The second-order valence-electron chi connectivity index (χ2n) is 5.73. The molecule has 1 aromatic carbocycles. The number of benzene rings is 1. The molecule has 1 aliphatic rings. The minimum atomic E-state index is -0.229. The molecule has 0 unspecified atom stereocenters. The van der Waals surface area contributed by atoms with E-state index in [0.29, 0.717) is 0 Å². The van der Waals surface area contributed by atoms with Crippen molar-refractivity contribution in [1.82, 2.24) is 20.6 Å². The Balaban J connectivity index is 1.76. The molecule has 4 N–H and O–H groups in total. The summed E-state index contributed by atoms with van der Waals surface area (Å²) < 4.78 is 0. The van der Waals surface area contributed by atoms with E-state index in [9.17, 15) is 10.1 Å². The van der Waals surface area contributed by atoms with Crippen molar-refractivity contribution in [2.24, 2.45) is 11.7 Å². The van der Waals surface area contributed by atoms with Crippen LogP contribution in [0.3, 0.4) is 0 Å². The number of carbonyl (C=O) groups is 1. The van der Waals surface area contributed by atoms with Gasteiger partial charge in [-0.25, -0.2) is 0 Å². The average Bonchev–Trinajstić information content (AvgIpc) is 3.17. The summed E-state index contributed by atoms with van der Waals surface area (Å²) in [4.78, 5) is 13.5. The standard InChI is InChI=1S/C16H18N8O/c17-9-12(16-20-22-23-21-16)10-19-13-3-1-2-4-14(13)24-7-5-11(6-8-24)15(18)25/h1-4,10-11,19H,5-8H2,(H2,18,25)(H,20,21,22,23). The number of rotatable bonds is 5. The molecule has 0 aliphatic carbocycles. The third kappa shape index (κ3) is 3.74. The fraction of sp³-hybridized carbons (Fsp3) is 0.312. The summed E-state index contributed by atoms with van der Waals surface area (Å²) in [7, 11) is 0. The summed E-state index contributed by atoms with van der Waals surface area (Å²) in [6.07, 6.45) is 3.04. The van der Waals surface area contributed by atoms with Gasteiger partial charge in [-0.2, -0.15) is 10.5 Å². The Morgan fingerprint density at radius 1 is 1.40 bits per heavy atom. The number of H-pyrrole nitrogens is 1. The van der Waals surface area contributed by atoms with Gasteiger partial charge in [0.2, 0.25) is 11.7 Å². The maximum atomic E-state index is 11.3. The van der Waals surface area contributed by atoms with Crippen LogP contribution in [0.2, 0.25) is 0 Å². The SMILES string of the molecule is N#CC(=CNc1ccccc1N1CCC(C(N)=O)CC1)c1nn[nH]n1. The average molecular weight is 338 g/mol. The van der Waals surface area contributed by atoms with Gasteiger partial charge < -0.3 is 16.0 Å². The molecule has 9 heteroatoms. The van der Waals surface area contributed by atoms with Gasteiger partial charge in [0.1, 0.15) is 11.6 Å². The first-order chi connectivity index (χ1) is 12.2. The largest absolute Gasteiger partial charge is 0.370 e. The topological polar surface area (TPSA) is 137 Å². The molecule has 3 rings (SSSR count). The number of amides is 1. The van der Waals surface area contributed by atoms with Crippen LogP contribution in [0.4, 0.5) is 11.4 Å². The van der Waals surface area contributed by atoms with Crippen molar-refractivity contribution >= 4 is 22.9 Å². The molecule has 0 spiro atoms. The number of carbonyl (C=O) groups excluding carboxylic acids is 1. The quantitative estimate of drug-likeness (QED) is 0.688. The molecule has 1 aliphatic heterocycles. The molecule has 0 saturated carbocycles. The third-order valence-electron chi connectivity index (χ3n) is 4.22. The van der Waals surface area contributed by atoms with Crippen molar-refractivity contribution < 1.29 is 4.79 Å². The van der Waals surface area contributed by atoms with Crippen LogP contribution >= 0.6 is 0 Å². The molecule has 1 fully saturated rings. The summed E-state index contributed by atoms with van der Waals surface area (Å²) in [5.41, 5.74) is 7.53. The second kappa shape index (κ2) is 7.44. The predicted octanol–water partition coefficient (Wildman–Crippen LogP) is 0.878. The first kappa shape index (κ1) is 16.4. The molecule has 2 heterocycles. The van der Waals surface area contributed by atoms with E-state index in [1.807, 2.05) is 30.3 Å². The highest BCUT2D eigenvalue weighted by atomic mass is 16.1. The number of allylic oxidation sites excluding steroid dienone is 1. The van der Waals surface area contributed by atoms with Crippen LogP contribution in [0, 0.1) is 17.2 Å². The van der Waals surface area contributed by atoms with E-state index in [1.165, 1.54) is 0 Å². The highest BCUT2D eigenvalue weighted by Crippen LogP contribution is 2.30. The summed E-state index contributed by atoms with van der Waals surface area (Å²) in [6, 6.07) is 9.84. The number of para-hydroxylation sites is 2. The molecule has 25 heavy (non-hydrogen) atoms. The van der Waals surface area contributed by atoms with Gasteiger partial charge in [0.25, 0.3) is 0 Å². The van der Waals surface area contributed by atoms with Crippen molar-refractivity contribution in [1.29, 1.82) is 5.26 Å². The lowest BCUT2D eigenvalue weighted by atomic mass is 9.96. The Bertz CT molecular complexity index is 800. The fourth-order valence-corrected chi connectivity index (χ4v) is 2.85. The predicted molar refractivity (Wildman–Crippen MR) is 92.0 cm³/mol. The maximum Gasteiger partial charge on any atom is 0.220 e.